The van der Waals surface area contributed by atoms with Gasteiger partial charge in [-0.1, -0.05) is 48.0 Å². The molecule has 0 aromatic heterocycles. The van der Waals surface area contributed by atoms with Gasteiger partial charge in [0, 0.05) is 61.1 Å². The Morgan fingerprint density at radius 3 is 2.09 bits per heavy atom. The quantitative estimate of drug-likeness (QED) is 0.553. The number of nitrogens with one attached hydrogen (secondary N) is 1. The number of ketones is 1. The third-order valence-corrected chi connectivity index (χ3v) is 5.98. The van der Waals surface area contributed by atoms with Crippen LogP contribution in [0.3, 0.4) is 0 Å². The predicted octanol–water partition coefficient (Wildman–Crippen LogP) is 4.12. The van der Waals surface area contributed by atoms with E-state index < -0.39 is 0 Å². The average Bonchev–Trinajstić information content (AvgIpc) is 2.85. The van der Waals surface area contributed by atoms with Crippen molar-refractivity contribution in [2.24, 2.45) is 0 Å². The molecule has 3 aromatic carbocycles. The van der Waals surface area contributed by atoms with Crippen molar-refractivity contribution < 1.29 is 9.59 Å². The maximum atomic E-state index is 12.9. The van der Waals surface area contributed by atoms with Crippen LogP contribution in [0.2, 0.25) is 5.02 Å². The minimum atomic E-state index is -0.231. The molecule has 4 rings (SSSR count). The fourth-order valence-electron chi connectivity index (χ4n) is 3.93. The zero-order valence-electron chi connectivity index (χ0n) is 17.8. The molecule has 0 unspecified atom stereocenters. The van der Waals surface area contributed by atoms with Crippen LogP contribution in [0, 0.1) is 0 Å². The SMILES string of the molecule is O=C(NCCN1CCN(c2ccccc2)CC1)c1ccccc1C(=O)c1ccc(Cl)cc1. The van der Waals surface area contributed by atoms with E-state index in [9.17, 15) is 9.59 Å². The first kappa shape index (κ1) is 22.1. The Morgan fingerprint density at radius 1 is 0.781 bits per heavy atom. The van der Waals surface area contributed by atoms with Crippen LogP contribution in [0.4, 0.5) is 5.69 Å². The predicted molar refractivity (Wildman–Crippen MR) is 129 cm³/mol. The summed E-state index contributed by atoms with van der Waals surface area (Å²) in [5.41, 5.74) is 2.54. The lowest BCUT2D eigenvalue weighted by Gasteiger charge is -2.36. The highest BCUT2D eigenvalue weighted by Gasteiger charge is 2.19. The number of benzene rings is 3. The van der Waals surface area contributed by atoms with Gasteiger partial charge in [0.2, 0.25) is 0 Å². The van der Waals surface area contributed by atoms with Crippen molar-refractivity contribution in [3.63, 3.8) is 0 Å². The summed E-state index contributed by atoms with van der Waals surface area (Å²) in [4.78, 5) is 30.5. The number of amides is 1. The van der Waals surface area contributed by atoms with Crippen molar-refractivity contribution in [3.05, 3.63) is 101 Å². The van der Waals surface area contributed by atoms with Crippen LogP contribution in [-0.2, 0) is 0 Å². The molecular weight excluding hydrogens is 422 g/mol. The molecule has 0 radical (unpaired) electrons. The summed E-state index contributed by atoms with van der Waals surface area (Å²) in [6.07, 6.45) is 0. The van der Waals surface area contributed by atoms with Crippen molar-refractivity contribution in [1.29, 1.82) is 0 Å². The molecule has 0 atom stereocenters. The maximum absolute atomic E-state index is 12.9. The lowest BCUT2D eigenvalue weighted by Crippen LogP contribution is -2.48. The zero-order valence-corrected chi connectivity index (χ0v) is 18.6. The van der Waals surface area contributed by atoms with Crippen molar-refractivity contribution in [2.45, 2.75) is 0 Å². The third-order valence-electron chi connectivity index (χ3n) is 5.73. The van der Waals surface area contributed by atoms with Crippen LogP contribution in [0.25, 0.3) is 0 Å². The van der Waals surface area contributed by atoms with E-state index in [0.717, 1.165) is 32.7 Å². The van der Waals surface area contributed by atoms with Gasteiger partial charge in [0.25, 0.3) is 5.91 Å². The fourth-order valence-corrected chi connectivity index (χ4v) is 4.05. The first-order chi connectivity index (χ1) is 15.6. The molecule has 0 spiro atoms. The highest BCUT2D eigenvalue weighted by molar-refractivity contribution is 6.30. The number of carbonyl (C=O) groups excluding carboxylic acids is 2. The summed E-state index contributed by atoms with van der Waals surface area (Å²) in [6, 6.07) is 24.1. The molecule has 1 saturated heterocycles. The van der Waals surface area contributed by atoms with Gasteiger partial charge in [0.05, 0.1) is 5.56 Å². The second-order valence-corrected chi connectivity index (χ2v) is 8.24. The monoisotopic (exact) mass is 447 g/mol. The molecule has 1 aliphatic heterocycles. The van der Waals surface area contributed by atoms with Gasteiger partial charge in [-0.25, -0.2) is 0 Å². The average molecular weight is 448 g/mol. The Balaban J connectivity index is 1.30. The minimum Gasteiger partial charge on any atom is -0.369 e. The summed E-state index contributed by atoms with van der Waals surface area (Å²) in [6.45, 7) is 5.16. The number of halogens is 1. The van der Waals surface area contributed by atoms with Gasteiger partial charge in [-0.15, -0.1) is 0 Å². The van der Waals surface area contributed by atoms with Gasteiger partial charge in [-0.2, -0.15) is 0 Å². The highest BCUT2D eigenvalue weighted by Crippen LogP contribution is 2.18. The fraction of sp³-hybridized carbons (Fsp3) is 0.231. The lowest BCUT2D eigenvalue weighted by atomic mass is 9.98. The Morgan fingerprint density at radius 2 is 1.41 bits per heavy atom. The van der Waals surface area contributed by atoms with Gasteiger partial charge < -0.3 is 10.2 Å². The summed E-state index contributed by atoms with van der Waals surface area (Å²) < 4.78 is 0. The van der Waals surface area contributed by atoms with E-state index in [1.165, 1.54) is 5.69 Å². The lowest BCUT2D eigenvalue weighted by molar-refractivity contribution is 0.0937. The first-order valence-corrected chi connectivity index (χ1v) is 11.2. The molecule has 0 aliphatic carbocycles. The van der Waals surface area contributed by atoms with E-state index >= 15 is 0 Å². The smallest absolute Gasteiger partial charge is 0.252 e. The molecule has 1 aliphatic rings. The second kappa shape index (κ2) is 10.4. The Hall–Kier alpha value is -3.15. The molecule has 32 heavy (non-hydrogen) atoms. The summed E-state index contributed by atoms with van der Waals surface area (Å²) >= 11 is 5.92. The van der Waals surface area contributed by atoms with Crippen LogP contribution in [0.5, 0.6) is 0 Å². The Bertz CT molecular complexity index is 1060. The third kappa shape index (κ3) is 5.36. The number of carbonyl (C=O) groups is 2. The molecule has 1 amide bonds. The van der Waals surface area contributed by atoms with Crippen LogP contribution in [0.15, 0.2) is 78.9 Å². The van der Waals surface area contributed by atoms with Gasteiger partial charge in [-0.05, 0) is 42.5 Å². The minimum absolute atomic E-state index is 0.190. The van der Waals surface area contributed by atoms with Crippen LogP contribution < -0.4 is 10.2 Å². The number of anilines is 1. The van der Waals surface area contributed by atoms with Crippen LogP contribution in [0.1, 0.15) is 26.3 Å². The molecule has 1 N–H and O–H groups in total. The van der Waals surface area contributed by atoms with E-state index in [1.54, 1.807) is 48.5 Å². The molecule has 5 nitrogen and oxygen atoms in total. The maximum Gasteiger partial charge on any atom is 0.252 e. The van der Waals surface area contributed by atoms with Gasteiger partial charge in [-0.3, -0.25) is 14.5 Å². The number of nitrogens with zero attached hydrogens (tertiary/aromatic N) is 2. The molecule has 3 aromatic rings. The van der Waals surface area contributed by atoms with E-state index in [4.69, 9.17) is 11.6 Å². The van der Waals surface area contributed by atoms with Gasteiger partial charge >= 0.3 is 0 Å². The normalized spacial score (nSPS) is 14.2. The van der Waals surface area contributed by atoms with Crippen molar-refractivity contribution in [1.82, 2.24) is 10.2 Å². The topological polar surface area (TPSA) is 52.7 Å². The second-order valence-electron chi connectivity index (χ2n) is 7.80. The standard InChI is InChI=1S/C26H26ClN3O2/c27-21-12-10-20(11-13-21)25(31)23-8-4-5-9-24(23)26(32)28-14-15-29-16-18-30(19-17-29)22-6-2-1-3-7-22/h1-13H,14-19H2,(H,28,32). The van der Waals surface area contributed by atoms with E-state index in [0.29, 0.717) is 28.3 Å². The highest BCUT2D eigenvalue weighted by atomic mass is 35.5. The number of hydrogen-bond donors (Lipinski definition) is 1. The summed E-state index contributed by atoms with van der Waals surface area (Å²) in [5.74, 6) is -0.421. The number of rotatable bonds is 7. The van der Waals surface area contributed by atoms with Crippen molar-refractivity contribution >= 4 is 29.0 Å². The molecular formula is C26H26ClN3O2. The Kier molecular flexibility index (Phi) is 7.20. The number of piperazine rings is 1. The van der Waals surface area contributed by atoms with Crippen molar-refractivity contribution in [2.75, 3.05) is 44.2 Å². The number of hydrogen-bond acceptors (Lipinski definition) is 4. The largest absolute Gasteiger partial charge is 0.369 e. The molecule has 6 heteroatoms. The number of para-hydroxylation sites is 1. The molecule has 1 heterocycles. The zero-order chi connectivity index (χ0) is 22.3. The van der Waals surface area contributed by atoms with Crippen LogP contribution >= 0.6 is 11.6 Å². The molecule has 0 bridgehead atoms. The van der Waals surface area contributed by atoms with Crippen LogP contribution in [-0.4, -0.2) is 55.9 Å². The van der Waals surface area contributed by atoms with E-state index in [1.807, 2.05) is 6.07 Å². The molecule has 164 valence electrons. The summed E-state index contributed by atoms with van der Waals surface area (Å²) in [7, 11) is 0. The first-order valence-electron chi connectivity index (χ1n) is 10.8. The molecule has 1 fully saturated rings. The van der Waals surface area contributed by atoms with Gasteiger partial charge in [0.15, 0.2) is 5.78 Å². The molecule has 0 saturated carbocycles. The van der Waals surface area contributed by atoms with Gasteiger partial charge in [0.1, 0.15) is 0 Å². The van der Waals surface area contributed by atoms with Crippen molar-refractivity contribution in [3.8, 4) is 0 Å². The van der Waals surface area contributed by atoms with E-state index in [2.05, 4.69) is 39.4 Å². The van der Waals surface area contributed by atoms with E-state index in [-0.39, 0.29) is 11.7 Å². The summed E-state index contributed by atoms with van der Waals surface area (Å²) in [5, 5.41) is 3.54. The Labute approximate surface area is 193 Å².